The van der Waals surface area contributed by atoms with Gasteiger partial charge >= 0.3 is 0 Å². The molecule has 0 unspecified atom stereocenters. The number of hydrogen-bond donors (Lipinski definition) is 1. The van der Waals surface area contributed by atoms with Gasteiger partial charge in [-0.15, -0.1) is 0 Å². The second-order valence-corrected chi connectivity index (χ2v) is 3.44. The molecule has 0 aliphatic rings. The first-order valence-corrected chi connectivity index (χ1v) is 4.96. The average molecular weight is 191 g/mol. The van der Waals surface area contributed by atoms with E-state index in [9.17, 15) is 5.11 Å². The Balaban J connectivity index is 3.01. The number of benzene rings is 1. The topological polar surface area (TPSA) is 32.6 Å². The van der Waals surface area contributed by atoms with Crippen LogP contribution in [0.2, 0.25) is 0 Å². The van der Waals surface area contributed by atoms with Crippen molar-refractivity contribution in [2.75, 3.05) is 6.54 Å². The van der Waals surface area contributed by atoms with Gasteiger partial charge in [-0.2, -0.15) is 0 Å². The van der Waals surface area contributed by atoms with Crippen molar-refractivity contribution in [3.05, 3.63) is 29.3 Å². The molecule has 0 amide bonds. The Kier molecular flexibility index (Phi) is 3.69. The molecule has 14 heavy (non-hydrogen) atoms. The van der Waals surface area contributed by atoms with Gasteiger partial charge in [0.15, 0.2) is 0 Å². The summed E-state index contributed by atoms with van der Waals surface area (Å²) in [7, 11) is 0. The summed E-state index contributed by atoms with van der Waals surface area (Å²) in [6.45, 7) is 6.74. The Labute approximate surface area is 85.3 Å². The van der Waals surface area contributed by atoms with Crippen molar-refractivity contribution in [3.63, 3.8) is 0 Å². The van der Waals surface area contributed by atoms with E-state index in [0.717, 1.165) is 29.8 Å². The normalized spacial score (nSPS) is 11.8. The van der Waals surface area contributed by atoms with E-state index in [0.29, 0.717) is 5.75 Å². The number of para-hydroxylation sites is 1. The fraction of sp³-hybridized carbons (Fsp3) is 0.417. The Hall–Kier alpha value is -1.31. The van der Waals surface area contributed by atoms with Crippen LogP contribution in [-0.2, 0) is 0 Å². The lowest BCUT2D eigenvalue weighted by molar-refractivity contribution is 0.470. The lowest BCUT2D eigenvalue weighted by Crippen LogP contribution is -1.97. The van der Waals surface area contributed by atoms with Gasteiger partial charge in [0.1, 0.15) is 5.75 Å². The monoisotopic (exact) mass is 191 g/mol. The van der Waals surface area contributed by atoms with Gasteiger partial charge in [-0.25, -0.2) is 0 Å². The molecule has 2 nitrogen and oxygen atoms in total. The van der Waals surface area contributed by atoms with Gasteiger partial charge < -0.3 is 5.11 Å². The van der Waals surface area contributed by atoms with Gasteiger partial charge in [-0.05, 0) is 31.9 Å². The molecular weight excluding hydrogens is 174 g/mol. The van der Waals surface area contributed by atoms with E-state index in [1.807, 2.05) is 32.0 Å². The van der Waals surface area contributed by atoms with Crippen molar-refractivity contribution >= 4 is 5.71 Å². The molecule has 0 saturated carbocycles. The van der Waals surface area contributed by atoms with Crippen LogP contribution in [0.25, 0.3) is 0 Å². The third kappa shape index (κ3) is 2.34. The van der Waals surface area contributed by atoms with Crippen LogP contribution >= 0.6 is 0 Å². The second kappa shape index (κ2) is 4.80. The Morgan fingerprint density at radius 2 is 2.14 bits per heavy atom. The molecule has 2 heteroatoms. The van der Waals surface area contributed by atoms with Crippen LogP contribution in [0, 0.1) is 6.92 Å². The highest BCUT2D eigenvalue weighted by molar-refractivity contribution is 6.01. The Morgan fingerprint density at radius 1 is 1.43 bits per heavy atom. The van der Waals surface area contributed by atoms with E-state index < -0.39 is 0 Å². The first-order chi connectivity index (χ1) is 6.66. The average Bonchev–Trinajstić information content (AvgIpc) is 2.18. The van der Waals surface area contributed by atoms with Crippen molar-refractivity contribution in [2.45, 2.75) is 27.2 Å². The molecule has 1 aromatic carbocycles. The fourth-order valence-electron chi connectivity index (χ4n) is 1.32. The van der Waals surface area contributed by atoms with Crippen LogP contribution in [0.4, 0.5) is 0 Å². The molecule has 1 N–H and O–H groups in total. The molecule has 0 aliphatic carbocycles. The van der Waals surface area contributed by atoms with Gasteiger partial charge in [-0.3, -0.25) is 4.99 Å². The van der Waals surface area contributed by atoms with Crippen molar-refractivity contribution in [1.82, 2.24) is 0 Å². The molecule has 0 fully saturated rings. The third-order valence-corrected chi connectivity index (χ3v) is 2.20. The zero-order valence-corrected chi connectivity index (χ0v) is 9.04. The highest BCUT2D eigenvalue weighted by Gasteiger charge is 2.05. The number of phenolic OH excluding ortho intramolecular Hbond substituents is 1. The summed E-state index contributed by atoms with van der Waals surface area (Å²) in [5.74, 6) is 0.352. The molecule has 0 bridgehead atoms. The summed E-state index contributed by atoms with van der Waals surface area (Å²) in [5.41, 5.74) is 2.65. The standard InChI is InChI=1S/C12H17NO/c1-4-8-13-10(3)11-7-5-6-9(2)12(11)14/h5-7,14H,4,8H2,1-3H3. The number of nitrogens with zero attached hydrogens (tertiary/aromatic N) is 1. The minimum atomic E-state index is 0.352. The number of aryl methyl sites for hydroxylation is 1. The van der Waals surface area contributed by atoms with Gasteiger partial charge in [-0.1, -0.05) is 19.1 Å². The molecule has 1 aromatic rings. The van der Waals surface area contributed by atoms with Crippen LogP contribution in [0.15, 0.2) is 23.2 Å². The predicted octanol–water partition coefficient (Wildman–Crippen LogP) is 2.92. The first kappa shape index (κ1) is 10.8. The quantitative estimate of drug-likeness (QED) is 0.732. The summed E-state index contributed by atoms with van der Waals surface area (Å²) in [6.07, 6.45) is 1.03. The zero-order valence-electron chi connectivity index (χ0n) is 9.04. The van der Waals surface area contributed by atoms with E-state index in [1.54, 1.807) is 0 Å². The maximum Gasteiger partial charge on any atom is 0.127 e. The lowest BCUT2D eigenvalue weighted by Gasteiger charge is -2.06. The first-order valence-electron chi connectivity index (χ1n) is 4.96. The summed E-state index contributed by atoms with van der Waals surface area (Å²) in [5, 5.41) is 9.79. The van der Waals surface area contributed by atoms with Crippen molar-refractivity contribution in [1.29, 1.82) is 0 Å². The number of phenols is 1. The maximum absolute atomic E-state index is 9.79. The molecule has 0 atom stereocenters. The number of rotatable bonds is 3. The number of aliphatic imine (C=N–C) groups is 1. The molecule has 0 aliphatic heterocycles. The minimum Gasteiger partial charge on any atom is -0.507 e. The van der Waals surface area contributed by atoms with E-state index >= 15 is 0 Å². The second-order valence-electron chi connectivity index (χ2n) is 3.44. The van der Waals surface area contributed by atoms with E-state index in [-0.39, 0.29) is 0 Å². The van der Waals surface area contributed by atoms with Gasteiger partial charge in [0.05, 0.1) is 0 Å². The molecule has 0 aromatic heterocycles. The predicted molar refractivity (Wildman–Crippen MR) is 60.2 cm³/mol. The van der Waals surface area contributed by atoms with Gasteiger partial charge in [0.25, 0.3) is 0 Å². The lowest BCUT2D eigenvalue weighted by atomic mass is 10.1. The molecule has 0 radical (unpaired) electrons. The largest absolute Gasteiger partial charge is 0.507 e. The molecular formula is C12H17NO. The van der Waals surface area contributed by atoms with Crippen LogP contribution in [0.3, 0.4) is 0 Å². The smallest absolute Gasteiger partial charge is 0.127 e. The Bertz CT molecular complexity index is 342. The summed E-state index contributed by atoms with van der Waals surface area (Å²) in [6, 6.07) is 5.73. The molecule has 0 heterocycles. The maximum atomic E-state index is 9.79. The highest BCUT2D eigenvalue weighted by atomic mass is 16.3. The summed E-state index contributed by atoms with van der Waals surface area (Å²) >= 11 is 0. The van der Waals surface area contributed by atoms with E-state index in [4.69, 9.17) is 0 Å². The van der Waals surface area contributed by atoms with E-state index in [2.05, 4.69) is 11.9 Å². The Morgan fingerprint density at radius 3 is 2.79 bits per heavy atom. The van der Waals surface area contributed by atoms with Gasteiger partial charge in [0, 0.05) is 17.8 Å². The highest BCUT2D eigenvalue weighted by Crippen LogP contribution is 2.21. The minimum absolute atomic E-state index is 0.352. The summed E-state index contributed by atoms with van der Waals surface area (Å²) < 4.78 is 0. The fourth-order valence-corrected chi connectivity index (χ4v) is 1.32. The van der Waals surface area contributed by atoms with Crippen LogP contribution in [0.1, 0.15) is 31.4 Å². The zero-order chi connectivity index (χ0) is 10.6. The molecule has 0 saturated heterocycles. The number of hydrogen-bond acceptors (Lipinski definition) is 2. The van der Waals surface area contributed by atoms with E-state index in [1.165, 1.54) is 0 Å². The van der Waals surface area contributed by atoms with Crippen molar-refractivity contribution < 1.29 is 5.11 Å². The third-order valence-electron chi connectivity index (χ3n) is 2.20. The summed E-state index contributed by atoms with van der Waals surface area (Å²) in [4.78, 5) is 4.37. The van der Waals surface area contributed by atoms with Crippen LogP contribution < -0.4 is 0 Å². The molecule has 0 spiro atoms. The SMILES string of the molecule is CCCN=C(C)c1cccc(C)c1O. The number of aromatic hydroxyl groups is 1. The molecule has 1 rings (SSSR count). The van der Waals surface area contributed by atoms with Crippen LogP contribution in [0.5, 0.6) is 5.75 Å². The van der Waals surface area contributed by atoms with Gasteiger partial charge in [0.2, 0.25) is 0 Å². The van der Waals surface area contributed by atoms with Crippen LogP contribution in [-0.4, -0.2) is 17.4 Å². The van der Waals surface area contributed by atoms with Crippen molar-refractivity contribution in [2.24, 2.45) is 4.99 Å². The molecule has 76 valence electrons. The van der Waals surface area contributed by atoms with Crippen molar-refractivity contribution in [3.8, 4) is 5.75 Å².